The first kappa shape index (κ1) is 14.8. The van der Waals surface area contributed by atoms with Gasteiger partial charge in [-0.1, -0.05) is 0 Å². The Balaban J connectivity index is 1.52. The number of rotatable bonds is 6. The number of aryl methyl sites for hydroxylation is 2. The van der Waals surface area contributed by atoms with Crippen molar-refractivity contribution in [3.63, 3.8) is 0 Å². The highest BCUT2D eigenvalue weighted by Gasteiger charge is 2.39. The van der Waals surface area contributed by atoms with Crippen LogP contribution in [0.5, 0.6) is 0 Å². The Hall–Kier alpha value is -2.16. The molecule has 6 heteroatoms. The topological polar surface area (TPSA) is 71.6 Å². The number of nitrogens with one attached hydrogen (secondary N) is 1. The summed E-state index contributed by atoms with van der Waals surface area (Å²) in [4.78, 5) is 12.2. The SMILES string of the molecule is C#CCCC1(CCC(=O)NC2CCCc3nn(C)cc32)N=N1. The number of terminal acetylenes is 1. The van der Waals surface area contributed by atoms with E-state index in [9.17, 15) is 4.79 Å². The third-order valence-corrected chi connectivity index (χ3v) is 4.36. The Kier molecular flexibility index (Phi) is 3.97. The Labute approximate surface area is 130 Å². The summed E-state index contributed by atoms with van der Waals surface area (Å²) in [6.45, 7) is 0. The second kappa shape index (κ2) is 5.91. The van der Waals surface area contributed by atoms with Crippen LogP contribution in [0.4, 0.5) is 0 Å². The lowest BCUT2D eigenvalue weighted by Gasteiger charge is -2.22. The molecule has 2 heterocycles. The summed E-state index contributed by atoms with van der Waals surface area (Å²) in [6.07, 6.45) is 12.8. The zero-order valence-electron chi connectivity index (χ0n) is 12.9. The maximum atomic E-state index is 12.2. The molecule has 0 aromatic carbocycles. The van der Waals surface area contributed by atoms with Crippen molar-refractivity contribution < 1.29 is 4.79 Å². The Morgan fingerprint density at radius 3 is 3.09 bits per heavy atom. The smallest absolute Gasteiger partial charge is 0.220 e. The normalized spacial score (nSPS) is 21.0. The van der Waals surface area contributed by atoms with Crippen LogP contribution in [-0.4, -0.2) is 21.4 Å². The van der Waals surface area contributed by atoms with Gasteiger partial charge in [-0.3, -0.25) is 9.48 Å². The maximum absolute atomic E-state index is 12.2. The molecule has 2 aliphatic rings. The molecule has 1 aliphatic carbocycles. The van der Waals surface area contributed by atoms with Gasteiger partial charge in [0.2, 0.25) is 5.91 Å². The van der Waals surface area contributed by atoms with E-state index in [4.69, 9.17) is 6.42 Å². The average Bonchev–Trinajstić information content (AvgIpc) is 3.17. The van der Waals surface area contributed by atoms with Crippen LogP contribution in [0.15, 0.2) is 16.4 Å². The quantitative estimate of drug-likeness (QED) is 0.818. The van der Waals surface area contributed by atoms with Gasteiger partial charge in [-0.25, -0.2) is 0 Å². The molecule has 22 heavy (non-hydrogen) atoms. The Morgan fingerprint density at radius 1 is 1.55 bits per heavy atom. The largest absolute Gasteiger partial charge is 0.349 e. The summed E-state index contributed by atoms with van der Waals surface area (Å²) >= 11 is 0. The van der Waals surface area contributed by atoms with Gasteiger partial charge in [0, 0.05) is 44.5 Å². The van der Waals surface area contributed by atoms with Gasteiger partial charge >= 0.3 is 0 Å². The first-order chi connectivity index (χ1) is 10.6. The highest BCUT2D eigenvalue weighted by Crippen LogP contribution is 2.37. The molecule has 6 nitrogen and oxygen atoms in total. The second-order valence-corrected chi connectivity index (χ2v) is 6.10. The highest BCUT2D eigenvalue weighted by molar-refractivity contribution is 5.76. The van der Waals surface area contributed by atoms with Crippen molar-refractivity contribution in [1.82, 2.24) is 15.1 Å². The molecule has 0 radical (unpaired) electrons. The van der Waals surface area contributed by atoms with Crippen molar-refractivity contribution in [1.29, 1.82) is 0 Å². The standard InChI is InChI=1S/C16H21N5O/c1-3-4-9-16(19-20-16)10-8-15(22)17-13-6-5-7-14-12(13)11-21(2)18-14/h1,11,13H,4-10H2,2H3,(H,17,22). The van der Waals surface area contributed by atoms with Gasteiger partial charge in [0.25, 0.3) is 0 Å². The van der Waals surface area contributed by atoms with Gasteiger partial charge in [0.1, 0.15) is 0 Å². The van der Waals surface area contributed by atoms with Crippen LogP contribution < -0.4 is 5.32 Å². The van der Waals surface area contributed by atoms with E-state index in [1.807, 2.05) is 17.9 Å². The Morgan fingerprint density at radius 2 is 2.36 bits per heavy atom. The first-order valence-electron chi connectivity index (χ1n) is 7.81. The third-order valence-electron chi connectivity index (χ3n) is 4.36. The molecule has 0 bridgehead atoms. The molecule has 116 valence electrons. The van der Waals surface area contributed by atoms with Crippen LogP contribution in [0.3, 0.4) is 0 Å². The molecule has 1 aliphatic heterocycles. The second-order valence-electron chi connectivity index (χ2n) is 6.10. The maximum Gasteiger partial charge on any atom is 0.220 e. The van der Waals surface area contributed by atoms with Crippen LogP contribution in [-0.2, 0) is 18.3 Å². The minimum atomic E-state index is -0.379. The molecule has 1 aromatic heterocycles. The van der Waals surface area contributed by atoms with E-state index in [1.54, 1.807) is 0 Å². The first-order valence-corrected chi connectivity index (χ1v) is 7.81. The summed E-state index contributed by atoms with van der Waals surface area (Å²) < 4.78 is 1.83. The van der Waals surface area contributed by atoms with Gasteiger partial charge in [0.05, 0.1) is 11.7 Å². The van der Waals surface area contributed by atoms with Crippen molar-refractivity contribution >= 4 is 5.91 Å². The summed E-state index contributed by atoms with van der Waals surface area (Å²) in [5.41, 5.74) is 1.89. The van der Waals surface area contributed by atoms with Gasteiger partial charge in [-0.2, -0.15) is 15.3 Å². The predicted molar refractivity (Wildman–Crippen MR) is 81.9 cm³/mol. The van der Waals surface area contributed by atoms with E-state index >= 15 is 0 Å². The number of hydrogen-bond acceptors (Lipinski definition) is 4. The summed E-state index contributed by atoms with van der Waals surface area (Å²) in [5.74, 6) is 2.66. The molecule has 1 amide bonds. The van der Waals surface area contributed by atoms with Crippen LogP contribution in [0.25, 0.3) is 0 Å². The van der Waals surface area contributed by atoms with Gasteiger partial charge in [0.15, 0.2) is 5.66 Å². The minimum Gasteiger partial charge on any atom is -0.349 e. The fraction of sp³-hybridized carbons (Fsp3) is 0.625. The average molecular weight is 299 g/mol. The fourth-order valence-corrected chi connectivity index (χ4v) is 3.07. The number of aromatic nitrogens is 2. The number of carbonyl (C=O) groups excluding carboxylic acids is 1. The molecule has 0 fully saturated rings. The van der Waals surface area contributed by atoms with Gasteiger partial charge in [-0.05, 0) is 19.3 Å². The third kappa shape index (κ3) is 3.19. The number of hydrogen-bond donors (Lipinski definition) is 1. The number of fused-ring (bicyclic) bond motifs is 1. The molecular formula is C16H21N5O. The van der Waals surface area contributed by atoms with Gasteiger partial charge < -0.3 is 5.32 Å². The monoisotopic (exact) mass is 299 g/mol. The molecule has 0 spiro atoms. The van der Waals surface area contributed by atoms with E-state index in [1.165, 1.54) is 0 Å². The summed E-state index contributed by atoms with van der Waals surface area (Å²) in [7, 11) is 1.92. The van der Waals surface area contributed by atoms with Gasteiger partial charge in [-0.15, -0.1) is 12.3 Å². The zero-order valence-corrected chi connectivity index (χ0v) is 12.9. The van der Waals surface area contributed by atoms with Crippen molar-refractivity contribution in [2.24, 2.45) is 17.3 Å². The molecule has 1 N–H and O–H groups in total. The molecule has 1 unspecified atom stereocenters. The van der Waals surface area contributed by atoms with Crippen LogP contribution in [0, 0.1) is 12.3 Å². The zero-order chi connectivity index (χ0) is 15.6. The number of carbonyl (C=O) groups is 1. The lowest BCUT2D eigenvalue weighted by Crippen LogP contribution is -2.31. The van der Waals surface area contributed by atoms with Crippen molar-refractivity contribution in [3.8, 4) is 12.3 Å². The number of amides is 1. The molecular weight excluding hydrogens is 278 g/mol. The predicted octanol–water partition coefficient (Wildman–Crippen LogP) is 2.27. The minimum absolute atomic E-state index is 0.0547. The van der Waals surface area contributed by atoms with Crippen LogP contribution >= 0.6 is 0 Å². The molecule has 1 aromatic rings. The molecule has 1 atom stereocenters. The molecule has 3 rings (SSSR count). The Bertz CT molecular complexity index is 633. The van der Waals surface area contributed by atoms with Crippen molar-refractivity contribution in [3.05, 3.63) is 17.5 Å². The van der Waals surface area contributed by atoms with E-state index in [0.29, 0.717) is 19.3 Å². The van der Waals surface area contributed by atoms with E-state index < -0.39 is 0 Å². The molecule has 0 saturated carbocycles. The fourth-order valence-electron chi connectivity index (χ4n) is 3.07. The van der Waals surface area contributed by atoms with E-state index in [0.717, 1.165) is 36.9 Å². The van der Waals surface area contributed by atoms with Crippen molar-refractivity contribution in [2.45, 2.75) is 56.7 Å². The summed E-state index contributed by atoms with van der Waals surface area (Å²) in [5, 5.41) is 15.7. The van der Waals surface area contributed by atoms with Crippen LogP contribution in [0.2, 0.25) is 0 Å². The van der Waals surface area contributed by atoms with Crippen LogP contribution in [0.1, 0.15) is 55.8 Å². The van der Waals surface area contributed by atoms with E-state index in [-0.39, 0.29) is 17.6 Å². The number of nitrogens with zero attached hydrogens (tertiary/aromatic N) is 4. The summed E-state index contributed by atoms with van der Waals surface area (Å²) in [6, 6.07) is 0.0830. The lowest BCUT2D eigenvalue weighted by atomic mass is 9.93. The van der Waals surface area contributed by atoms with E-state index in [2.05, 4.69) is 26.6 Å². The molecule has 0 saturated heterocycles. The lowest BCUT2D eigenvalue weighted by molar-refractivity contribution is -0.122. The highest BCUT2D eigenvalue weighted by atomic mass is 16.1. The van der Waals surface area contributed by atoms with Crippen molar-refractivity contribution in [2.75, 3.05) is 0 Å².